The van der Waals surface area contributed by atoms with Crippen molar-refractivity contribution in [3.63, 3.8) is 0 Å². The Bertz CT molecular complexity index is 796. The second-order valence-corrected chi connectivity index (χ2v) is 7.75. The number of hydrogen-bond donors (Lipinski definition) is 2. The maximum absolute atomic E-state index is 12.4. The molecule has 0 aliphatic carbocycles. The fraction of sp³-hybridized carbons (Fsp3) is 0.467. The Morgan fingerprint density at radius 2 is 2.04 bits per heavy atom. The van der Waals surface area contributed by atoms with Gasteiger partial charge in [0.1, 0.15) is 6.54 Å². The molecule has 2 amide bonds. The van der Waals surface area contributed by atoms with Gasteiger partial charge in [0.25, 0.3) is 0 Å². The highest BCUT2D eigenvalue weighted by Crippen LogP contribution is 2.24. The largest absolute Gasteiger partial charge is 0.406 e. The molecule has 0 bridgehead atoms. The van der Waals surface area contributed by atoms with Crippen LogP contribution in [0, 0.1) is 5.92 Å². The van der Waals surface area contributed by atoms with Gasteiger partial charge in [0.15, 0.2) is 0 Å². The highest BCUT2D eigenvalue weighted by Gasteiger charge is 2.40. The Hall–Kier alpha value is -2.14. The van der Waals surface area contributed by atoms with Gasteiger partial charge < -0.3 is 10.2 Å². The van der Waals surface area contributed by atoms with Crippen molar-refractivity contribution < 1.29 is 31.2 Å². The van der Waals surface area contributed by atoms with Crippen molar-refractivity contribution in [1.29, 1.82) is 0 Å². The van der Waals surface area contributed by atoms with E-state index in [2.05, 4.69) is 10.0 Å². The first kappa shape index (κ1) is 20.2. The summed E-state index contributed by atoms with van der Waals surface area (Å²) >= 11 is 0. The van der Waals surface area contributed by atoms with Crippen LogP contribution in [-0.4, -0.2) is 51.4 Å². The van der Waals surface area contributed by atoms with Crippen molar-refractivity contribution in [2.45, 2.75) is 24.0 Å². The van der Waals surface area contributed by atoms with Crippen LogP contribution in [0.4, 0.5) is 13.2 Å². The predicted octanol–water partition coefficient (Wildman–Crippen LogP) is 0.622. The number of hydrogen-bond acceptors (Lipinski definition) is 4. The number of amides is 2. The Morgan fingerprint density at radius 1 is 1.35 bits per heavy atom. The van der Waals surface area contributed by atoms with Crippen LogP contribution in [-0.2, 0) is 26.2 Å². The molecule has 2 rings (SSSR count). The van der Waals surface area contributed by atoms with Crippen molar-refractivity contribution in [2.24, 2.45) is 5.92 Å². The number of nitrogens with zero attached hydrogens (tertiary/aromatic N) is 1. The summed E-state index contributed by atoms with van der Waals surface area (Å²) in [5, 5.41) is 2.53. The molecule has 26 heavy (non-hydrogen) atoms. The van der Waals surface area contributed by atoms with E-state index in [0.717, 1.165) is 0 Å². The van der Waals surface area contributed by atoms with E-state index >= 15 is 0 Å². The molecule has 0 spiro atoms. The maximum atomic E-state index is 12.4. The number of nitrogens with one attached hydrogen (secondary N) is 2. The Labute approximate surface area is 148 Å². The van der Waals surface area contributed by atoms with E-state index in [1.54, 1.807) is 6.07 Å². The van der Waals surface area contributed by atoms with Crippen molar-refractivity contribution in [3.05, 3.63) is 29.8 Å². The normalized spacial score (nSPS) is 18.2. The van der Waals surface area contributed by atoms with Crippen LogP contribution >= 0.6 is 0 Å². The minimum atomic E-state index is -4.51. The molecule has 0 saturated carbocycles. The van der Waals surface area contributed by atoms with Crippen LogP contribution in [0.15, 0.2) is 29.2 Å². The lowest BCUT2D eigenvalue weighted by Crippen LogP contribution is -2.37. The van der Waals surface area contributed by atoms with Gasteiger partial charge in [0.2, 0.25) is 21.8 Å². The highest BCUT2D eigenvalue weighted by atomic mass is 32.2. The van der Waals surface area contributed by atoms with E-state index in [1.165, 1.54) is 25.2 Å². The Balaban J connectivity index is 1.96. The number of alkyl halides is 3. The lowest BCUT2D eigenvalue weighted by atomic mass is 10.1. The minimum absolute atomic E-state index is 0.00410. The number of likely N-dealkylation sites (tertiary alicyclic amines) is 1. The summed E-state index contributed by atoms with van der Waals surface area (Å²) in [6.07, 6.45) is -4.80. The van der Waals surface area contributed by atoms with E-state index in [0.29, 0.717) is 10.5 Å². The van der Waals surface area contributed by atoms with Gasteiger partial charge in [0.05, 0.1) is 10.8 Å². The molecule has 1 heterocycles. The first-order valence-corrected chi connectivity index (χ1v) is 9.15. The summed E-state index contributed by atoms with van der Waals surface area (Å²) in [6, 6.07) is 5.88. The SMILES string of the molecule is CNS(=O)(=O)c1cccc(CNC(=O)C2CC(=O)N(CC(F)(F)F)C2)c1. The molecule has 0 radical (unpaired) electrons. The standard InChI is InChI=1S/C15H18F3N3O4S/c1-19-26(24,25)12-4-2-3-10(5-12)7-20-14(23)11-6-13(22)21(8-11)9-15(16,17)18/h2-5,11,19H,6-9H2,1H3,(H,20,23). The third kappa shape index (κ3) is 5.18. The molecule has 1 aromatic rings. The van der Waals surface area contributed by atoms with E-state index in [-0.39, 0.29) is 24.4 Å². The topological polar surface area (TPSA) is 95.6 Å². The quantitative estimate of drug-likeness (QED) is 0.741. The molecule has 144 valence electrons. The average molecular weight is 393 g/mol. The van der Waals surface area contributed by atoms with Gasteiger partial charge in [-0.1, -0.05) is 12.1 Å². The fourth-order valence-electron chi connectivity index (χ4n) is 2.59. The number of carbonyl (C=O) groups is 2. The third-order valence-electron chi connectivity index (χ3n) is 3.90. The summed E-state index contributed by atoms with van der Waals surface area (Å²) in [5.41, 5.74) is 0.506. The van der Waals surface area contributed by atoms with Gasteiger partial charge in [-0.3, -0.25) is 9.59 Å². The number of benzene rings is 1. The van der Waals surface area contributed by atoms with Crippen LogP contribution in [0.3, 0.4) is 0 Å². The summed E-state index contributed by atoms with van der Waals surface area (Å²) in [4.78, 5) is 24.4. The Kier molecular flexibility index (Phi) is 5.91. The van der Waals surface area contributed by atoms with Crippen LogP contribution in [0.5, 0.6) is 0 Å². The van der Waals surface area contributed by atoms with Gasteiger partial charge in [-0.05, 0) is 24.7 Å². The highest BCUT2D eigenvalue weighted by molar-refractivity contribution is 7.89. The summed E-state index contributed by atoms with van der Waals surface area (Å²) in [5.74, 6) is -2.14. The number of rotatable bonds is 6. The lowest BCUT2D eigenvalue weighted by molar-refractivity contribution is -0.157. The molecule has 0 aromatic heterocycles. The van der Waals surface area contributed by atoms with E-state index in [4.69, 9.17) is 0 Å². The second kappa shape index (κ2) is 7.62. The zero-order valence-electron chi connectivity index (χ0n) is 13.8. The molecular formula is C15H18F3N3O4S. The molecule has 1 aliphatic rings. The zero-order valence-corrected chi connectivity index (χ0v) is 14.7. The molecular weight excluding hydrogens is 375 g/mol. The second-order valence-electron chi connectivity index (χ2n) is 5.86. The van der Waals surface area contributed by atoms with E-state index in [1.807, 2.05) is 0 Å². The fourth-order valence-corrected chi connectivity index (χ4v) is 3.39. The molecule has 1 aromatic carbocycles. The number of carbonyl (C=O) groups excluding carboxylic acids is 2. The minimum Gasteiger partial charge on any atom is -0.352 e. The smallest absolute Gasteiger partial charge is 0.352 e. The average Bonchev–Trinajstić information content (AvgIpc) is 2.92. The molecule has 1 saturated heterocycles. The summed E-state index contributed by atoms with van der Waals surface area (Å²) < 4.78 is 62.9. The first-order chi connectivity index (χ1) is 12.0. The van der Waals surface area contributed by atoms with Gasteiger partial charge in [-0.15, -0.1) is 0 Å². The van der Waals surface area contributed by atoms with Crippen molar-refractivity contribution in [1.82, 2.24) is 14.9 Å². The molecule has 1 atom stereocenters. The van der Waals surface area contributed by atoms with Crippen molar-refractivity contribution in [3.8, 4) is 0 Å². The van der Waals surface area contributed by atoms with Gasteiger partial charge in [-0.2, -0.15) is 13.2 Å². The monoisotopic (exact) mass is 393 g/mol. The van der Waals surface area contributed by atoms with E-state index < -0.39 is 40.5 Å². The third-order valence-corrected chi connectivity index (χ3v) is 5.31. The molecule has 1 fully saturated rings. The zero-order chi connectivity index (χ0) is 19.5. The predicted molar refractivity (Wildman–Crippen MR) is 85.3 cm³/mol. The molecule has 1 aliphatic heterocycles. The van der Waals surface area contributed by atoms with Crippen LogP contribution in [0.25, 0.3) is 0 Å². The maximum Gasteiger partial charge on any atom is 0.406 e. The molecule has 7 nitrogen and oxygen atoms in total. The van der Waals surface area contributed by atoms with Crippen molar-refractivity contribution >= 4 is 21.8 Å². The summed E-state index contributed by atoms with van der Waals surface area (Å²) in [6.45, 7) is -1.67. The number of halogens is 3. The first-order valence-electron chi connectivity index (χ1n) is 7.66. The molecule has 1 unspecified atom stereocenters. The van der Waals surface area contributed by atoms with Crippen LogP contribution < -0.4 is 10.0 Å². The number of sulfonamides is 1. The summed E-state index contributed by atoms with van der Waals surface area (Å²) in [7, 11) is -2.36. The van der Waals surface area contributed by atoms with Gasteiger partial charge in [-0.25, -0.2) is 13.1 Å². The van der Waals surface area contributed by atoms with E-state index in [9.17, 15) is 31.2 Å². The Morgan fingerprint density at radius 3 is 2.65 bits per heavy atom. The van der Waals surface area contributed by atoms with Crippen molar-refractivity contribution in [2.75, 3.05) is 20.1 Å². The molecule has 11 heteroatoms. The lowest BCUT2D eigenvalue weighted by Gasteiger charge is -2.18. The van der Waals surface area contributed by atoms with Gasteiger partial charge >= 0.3 is 6.18 Å². The van der Waals surface area contributed by atoms with Gasteiger partial charge in [0, 0.05) is 19.5 Å². The van der Waals surface area contributed by atoms with Crippen LogP contribution in [0.2, 0.25) is 0 Å². The molecule has 2 N–H and O–H groups in total. The van der Waals surface area contributed by atoms with Crippen LogP contribution in [0.1, 0.15) is 12.0 Å².